The normalized spacial score (nSPS) is 11.5. The Morgan fingerprint density at radius 3 is 2.28 bits per heavy atom. The van der Waals surface area contributed by atoms with Gasteiger partial charge >= 0.3 is 5.97 Å². The number of esters is 1. The number of hydrogen-bond acceptors (Lipinski definition) is 5. The van der Waals surface area contributed by atoms with Gasteiger partial charge in [-0.2, -0.15) is 0 Å². The Labute approximate surface area is 147 Å². The largest absolute Gasteiger partial charge is 0.497 e. The second-order valence-corrected chi connectivity index (χ2v) is 5.78. The summed E-state index contributed by atoms with van der Waals surface area (Å²) < 4.78 is 15.6. The summed E-state index contributed by atoms with van der Waals surface area (Å²) in [6, 6.07) is 12.5. The van der Waals surface area contributed by atoms with Gasteiger partial charge in [-0.1, -0.05) is 17.7 Å². The zero-order valence-corrected chi connectivity index (χ0v) is 14.9. The summed E-state index contributed by atoms with van der Waals surface area (Å²) in [5.74, 6) is 0.398. The highest BCUT2D eigenvalue weighted by Gasteiger charge is 2.21. The monoisotopic (exact) mass is 342 g/mol. The number of aryl methyl sites for hydroxylation is 2. The van der Waals surface area contributed by atoms with Crippen LogP contribution in [0.15, 0.2) is 42.5 Å². The lowest BCUT2D eigenvalue weighted by molar-refractivity contribution is -0.148. The van der Waals surface area contributed by atoms with Gasteiger partial charge in [-0.05, 0) is 56.7 Å². The van der Waals surface area contributed by atoms with Crippen molar-refractivity contribution in [3.63, 3.8) is 0 Å². The van der Waals surface area contributed by atoms with Crippen LogP contribution in [0.5, 0.6) is 11.5 Å². The van der Waals surface area contributed by atoms with Crippen molar-refractivity contribution in [1.82, 2.24) is 0 Å². The van der Waals surface area contributed by atoms with Crippen LogP contribution in [-0.4, -0.2) is 31.6 Å². The summed E-state index contributed by atoms with van der Waals surface area (Å²) in [5, 5.41) is 0. The highest BCUT2D eigenvalue weighted by molar-refractivity contribution is 6.01. The molecule has 5 nitrogen and oxygen atoms in total. The summed E-state index contributed by atoms with van der Waals surface area (Å²) in [5.41, 5.74) is 2.40. The fraction of sp³-hybridized carbons (Fsp3) is 0.300. The van der Waals surface area contributed by atoms with Gasteiger partial charge in [0.05, 0.1) is 7.11 Å². The van der Waals surface area contributed by atoms with E-state index in [0.29, 0.717) is 17.1 Å². The molecule has 5 heteroatoms. The number of benzene rings is 2. The molecule has 0 aromatic heterocycles. The summed E-state index contributed by atoms with van der Waals surface area (Å²) in [7, 11) is 1.57. The summed E-state index contributed by atoms with van der Waals surface area (Å²) in [4.78, 5) is 24.4. The topological polar surface area (TPSA) is 61.8 Å². The minimum atomic E-state index is -0.868. The fourth-order valence-corrected chi connectivity index (χ4v) is 2.32. The molecule has 0 saturated heterocycles. The van der Waals surface area contributed by atoms with Crippen molar-refractivity contribution < 1.29 is 23.8 Å². The fourth-order valence-electron chi connectivity index (χ4n) is 2.32. The minimum absolute atomic E-state index is 0.223. The second-order valence-electron chi connectivity index (χ2n) is 5.78. The van der Waals surface area contributed by atoms with E-state index >= 15 is 0 Å². The summed E-state index contributed by atoms with van der Waals surface area (Å²) >= 11 is 0. The molecule has 0 bridgehead atoms. The number of methoxy groups -OCH3 is 1. The standard InChI is InChI=1S/C20H22O5/c1-13-5-6-14(2)18(11-13)20(22)15(3)25-19(21)12-24-17-9-7-16(23-4)8-10-17/h5-11,15H,12H2,1-4H3/t15-/m1/s1. The van der Waals surface area contributed by atoms with Crippen molar-refractivity contribution in [2.24, 2.45) is 0 Å². The molecular formula is C20H22O5. The molecule has 132 valence electrons. The molecule has 0 fully saturated rings. The number of carbonyl (C=O) groups is 2. The Morgan fingerprint density at radius 1 is 1.00 bits per heavy atom. The average molecular weight is 342 g/mol. The van der Waals surface area contributed by atoms with Crippen molar-refractivity contribution in [2.45, 2.75) is 26.9 Å². The van der Waals surface area contributed by atoms with E-state index < -0.39 is 12.1 Å². The number of ether oxygens (including phenoxy) is 3. The number of ketones is 1. The molecule has 0 aliphatic rings. The maximum absolute atomic E-state index is 12.5. The van der Waals surface area contributed by atoms with Gasteiger partial charge in [-0.25, -0.2) is 4.79 Å². The molecule has 0 radical (unpaired) electrons. The van der Waals surface area contributed by atoms with Gasteiger partial charge < -0.3 is 14.2 Å². The first kappa shape index (κ1) is 18.5. The van der Waals surface area contributed by atoms with Crippen molar-refractivity contribution in [3.05, 3.63) is 59.2 Å². The smallest absolute Gasteiger partial charge is 0.344 e. The molecule has 0 saturated carbocycles. The number of Topliss-reactive ketones (excluding diaryl/α,β-unsaturated/α-hetero) is 1. The predicted molar refractivity (Wildman–Crippen MR) is 94.3 cm³/mol. The van der Waals surface area contributed by atoms with Crippen LogP contribution in [0.4, 0.5) is 0 Å². The minimum Gasteiger partial charge on any atom is -0.497 e. The Bertz CT molecular complexity index is 749. The molecule has 25 heavy (non-hydrogen) atoms. The van der Waals surface area contributed by atoms with E-state index in [4.69, 9.17) is 14.2 Å². The molecule has 0 heterocycles. The van der Waals surface area contributed by atoms with Crippen LogP contribution in [0.3, 0.4) is 0 Å². The average Bonchev–Trinajstić information content (AvgIpc) is 2.61. The molecule has 0 aliphatic carbocycles. The number of hydrogen-bond donors (Lipinski definition) is 0. The van der Waals surface area contributed by atoms with Gasteiger partial charge in [0.25, 0.3) is 0 Å². The van der Waals surface area contributed by atoms with Gasteiger partial charge in [-0.3, -0.25) is 4.79 Å². The zero-order chi connectivity index (χ0) is 18.4. The molecule has 0 spiro atoms. The maximum atomic E-state index is 12.5. The zero-order valence-electron chi connectivity index (χ0n) is 14.9. The number of rotatable bonds is 7. The molecule has 2 aromatic carbocycles. The van der Waals surface area contributed by atoms with Crippen LogP contribution in [0.1, 0.15) is 28.4 Å². The van der Waals surface area contributed by atoms with Gasteiger partial charge in [0.1, 0.15) is 11.5 Å². The summed E-state index contributed by atoms with van der Waals surface area (Å²) in [6.07, 6.45) is -0.868. The van der Waals surface area contributed by atoms with E-state index in [1.54, 1.807) is 44.4 Å². The molecule has 0 amide bonds. The van der Waals surface area contributed by atoms with Crippen LogP contribution in [0.25, 0.3) is 0 Å². The van der Waals surface area contributed by atoms with E-state index in [-0.39, 0.29) is 12.4 Å². The quantitative estimate of drug-likeness (QED) is 0.569. The Hall–Kier alpha value is -2.82. The van der Waals surface area contributed by atoms with Gasteiger partial charge in [0.15, 0.2) is 12.7 Å². The SMILES string of the molecule is COc1ccc(OCC(=O)O[C@H](C)C(=O)c2cc(C)ccc2C)cc1. The molecule has 1 atom stereocenters. The van der Waals surface area contributed by atoms with Crippen LogP contribution >= 0.6 is 0 Å². The third-order valence-corrected chi connectivity index (χ3v) is 3.75. The molecule has 0 aliphatic heterocycles. The van der Waals surface area contributed by atoms with Gasteiger partial charge in [-0.15, -0.1) is 0 Å². The van der Waals surface area contributed by atoms with Crippen LogP contribution in [0, 0.1) is 13.8 Å². The highest BCUT2D eigenvalue weighted by atomic mass is 16.6. The Morgan fingerprint density at radius 2 is 1.64 bits per heavy atom. The predicted octanol–water partition coefficient (Wildman–Crippen LogP) is 3.51. The van der Waals surface area contributed by atoms with Crippen LogP contribution in [-0.2, 0) is 9.53 Å². The first-order valence-electron chi connectivity index (χ1n) is 7.98. The van der Waals surface area contributed by atoms with E-state index in [2.05, 4.69) is 0 Å². The van der Waals surface area contributed by atoms with E-state index in [1.807, 2.05) is 26.0 Å². The van der Waals surface area contributed by atoms with E-state index in [9.17, 15) is 9.59 Å². The lowest BCUT2D eigenvalue weighted by atomic mass is 9.99. The first-order chi connectivity index (χ1) is 11.9. The first-order valence-corrected chi connectivity index (χ1v) is 7.98. The lowest BCUT2D eigenvalue weighted by Crippen LogP contribution is -2.27. The third kappa shape index (κ3) is 5.08. The lowest BCUT2D eigenvalue weighted by Gasteiger charge is -2.14. The van der Waals surface area contributed by atoms with E-state index in [1.165, 1.54) is 0 Å². The van der Waals surface area contributed by atoms with Crippen molar-refractivity contribution in [3.8, 4) is 11.5 Å². The Kier molecular flexibility index (Phi) is 6.17. The third-order valence-electron chi connectivity index (χ3n) is 3.75. The van der Waals surface area contributed by atoms with Gasteiger partial charge in [0, 0.05) is 5.56 Å². The Balaban J connectivity index is 1.90. The van der Waals surface area contributed by atoms with Crippen molar-refractivity contribution in [2.75, 3.05) is 13.7 Å². The number of carbonyl (C=O) groups excluding carboxylic acids is 2. The molecule has 0 N–H and O–H groups in total. The van der Waals surface area contributed by atoms with Crippen LogP contribution in [0.2, 0.25) is 0 Å². The second kappa shape index (κ2) is 8.33. The molecule has 2 rings (SSSR count). The van der Waals surface area contributed by atoms with Crippen LogP contribution < -0.4 is 9.47 Å². The molecule has 2 aromatic rings. The van der Waals surface area contributed by atoms with Gasteiger partial charge in [0.2, 0.25) is 5.78 Å². The maximum Gasteiger partial charge on any atom is 0.344 e. The summed E-state index contributed by atoms with van der Waals surface area (Å²) in [6.45, 7) is 5.07. The van der Waals surface area contributed by atoms with Crippen molar-refractivity contribution in [1.29, 1.82) is 0 Å². The van der Waals surface area contributed by atoms with Crippen molar-refractivity contribution >= 4 is 11.8 Å². The molecule has 0 unspecified atom stereocenters. The van der Waals surface area contributed by atoms with E-state index in [0.717, 1.165) is 11.1 Å². The highest BCUT2D eigenvalue weighted by Crippen LogP contribution is 2.17. The molecular weight excluding hydrogens is 320 g/mol.